The van der Waals surface area contributed by atoms with E-state index in [1.165, 1.54) is 30.6 Å². The van der Waals surface area contributed by atoms with Gasteiger partial charge in [-0.25, -0.2) is 0 Å². The van der Waals surface area contributed by atoms with Crippen molar-refractivity contribution < 1.29 is 9.53 Å². The van der Waals surface area contributed by atoms with Crippen molar-refractivity contribution in [2.75, 3.05) is 12.9 Å². The van der Waals surface area contributed by atoms with Gasteiger partial charge in [0.05, 0.1) is 6.10 Å². The van der Waals surface area contributed by atoms with Gasteiger partial charge in [-0.15, -0.1) is 11.8 Å². The summed E-state index contributed by atoms with van der Waals surface area (Å²) in [6, 6.07) is 7.77. The molecule has 1 saturated carbocycles. The molecule has 0 bridgehead atoms. The van der Waals surface area contributed by atoms with Gasteiger partial charge in [0.1, 0.15) is 6.61 Å². The number of Topliss-reactive ketones (excluding diaryl/α,β-unsaturated/α-hetero) is 1. The quantitative estimate of drug-likeness (QED) is 0.455. The van der Waals surface area contributed by atoms with Crippen LogP contribution in [0.15, 0.2) is 29.2 Å². The number of ketones is 1. The standard InChI is InChI=1S/C16H22O2S/c1-19-15-10-8-13(9-11-15)16(17)12-18-14-6-4-2-3-5-7-14/h8-11,14H,2-7,12H2,1H3. The minimum Gasteiger partial charge on any atom is -0.370 e. The third-order valence-corrected chi connectivity index (χ3v) is 4.41. The van der Waals surface area contributed by atoms with Gasteiger partial charge >= 0.3 is 0 Å². The van der Waals surface area contributed by atoms with E-state index in [0.717, 1.165) is 18.4 Å². The molecule has 0 unspecified atom stereocenters. The molecule has 0 N–H and O–H groups in total. The van der Waals surface area contributed by atoms with Crippen molar-refractivity contribution in [3.63, 3.8) is 0 Å². The van der Waals surface area contributed by atoms with Crippen LogP contribution in [-0.4, -0.2) is 24.7 Å². The predicted octanol–water partition coefficient (Wildman–Crippen LogP) is 4.33. The zero-order valence-corrected chi connectivity index (χ0v) is 12.4. The van der Waals surface area contributed by atoms with E-state index >= 15 is 0 Å². The first-order valence-electron chi connectivity index (χ1n) is 7.08. The first-order valence-corrected chi connectivity index (χ1v) is 8.31. The lowest BCUT2D eigenvalue weighted by atomic mass is 10.1. The Balaban J connectivity index is 1.82. The molecule has 1 aromatic rings. The second-order valence-electron chi connectivity index (χ2n) is 5.08. The highest BCUT2D eigenvalue weighted by atomic mass is 32.2. The third-order valence-electron chi connectivity index (χ3n) is 3.66. The molecule has 0 atom stereocenters. The number of hydrogen-bond acceptors (Lipinski definition) is 3. The van der Waals surface area contributed by atoms with Gasteiger partial charge in [0.25, 0.3) is 0 Å². The van der Waals surface area contributed by atoms with Crippen LogP contribution in [0.4, 0.5) is 0 Å². The summed E-state index contributed by atoms with van der Waals surface area (Å²) >= 11 is 1.69. The highest BCUT2D eigenvalue weighted by Gasteiger charge is 2.14. The van der Waals surface area contributed by atoms with E-state index < -0.39 is 0 Å². The lowest BCUT2D eigenvalue weighted by Crippen LogP contribution is -2.18. The molecule has 19 heavy (non-hydrogen) atoms. The number of benzene rings is 1. The summed E-state index contributed by atoms with van der Waals surface area (Å²) in [5, 5.41) is 0. The maximum atomic E-state index is 12.0. The Morgan fingerprint density at radius 2 is 1.79 bits per heavy atom. The second-order valence-corrected chi connectivity index (χ2v) is 5.96. The van der Waals surface area contributed by atoms with Crippen molar-refractivity contribution in [1.29, 1.82) is 0 Å². The van der Waals surface area contributed by atoms with Gasteiger partial charge in [0, 0.05) is 10.5 Å². The van der Waals surface area contributed by atoms with Gasteiger partial charge in [0.2, 0.25) is 0 Å². The monoisotopic (exact) mass is 278 g/mol. The highest BCUT2D eigenvalue weighted by Crippen LogP contribution is 2.20. The molecule has 0 saturated heterocycles. The van der Waals surface area contributed by atoms with Crippen LogP contribution < -0.4 is 0 Å². The van der Waals surface area contributed by atoms with Crippen molar-refractivity contribution >= 4 is 17.5 Å². The molecular formula is C16H22O2S. The topological polar surface area (TPSA) is 26.3 Å². The zero-order valence-electron chi connectivity index (χ0n) is 11.6. The van der Waals surface area contributed by atoms with Gasteiger partial charge in [-0.2, -0.15) is 0 Å². The van der Waals surface area contributed by atoms with E-state index in [0.29, 0.717) is 0 Å². The fraction of sp³-hybridized carbons (Fsp3) is 0.562. The van der Waals surface area contributed by atoms with Gasteiger partial charge in [-0.05, 0) is 31.2 Å². The molecule has 104 valence electrons. The van der Waals surface area contributed by atoms with Crippen LogP contribution in [-0.2, 0) is 4.74 Å². The number of thioether (sulfide) groups is 1. The lowest BCUT2D eigenvalue weighted by molar-refractivity contribution is 0.0389. The number of carbonyl (C=O) groups excluding carboxylic acids is 1. The van der Waals surface area contributed by atoms with Crippen LogP contribution in [0.2, 0.25) is 0 Å². The molecule has 1 aliphatic carbocycles. The summed E-state index contributed by atoms with van der Waals surface area (Å²) in [7, 11) is 0. The van der Waals surface area contributed by atoms with E-state index in [-0.39, 0.29) is 18.5 Å². The predicted molar refractivity (Wildman–Crippen MR) is 80.0 cm³/mol. The molecule has 3 heteroatoms. The number of hydrogen-bond donors (Lipinski definition) is 0. The van der Waals surface area contributed by atoms with E-state index in [2.05, 4.69) is 0 Å². The van der Waals surface area contributed by atoms with Crippen molar-refractivity contribution in [1.82, 2.24) is 0 Å². The van der Waals surface area contributed by atoms with Crippen LogP contribution in [0, 0.1) is 0 Å². The summed E-state index contributed by atoms with van der Waals surface area (Å²) in [5.41, 5.74) is 0.756. The van der Waals surface area contributed by atoms with Gasteiger partial charge in [0.15, 0.2) is 5.78 Å². The molecule has 1 aliphatic rings. The zero-order chi connectivity index (χ0) is 13.5. The lowest BCUT2D eigenvalue weighted by Gasteiger charge is -2.14. The number of carbonyl (C=O) groups is 1. The highest BCUT2D eigenvalue weighted by molar-refractivity contribution is 7.98. The Kier molecular flexibility index (Phi) is 5.93. The summed E-state index contributed by atoms with van der Waals surface area (Å²) in [6.45, 7) is 0.225. The maximum Gasteiger partial charge on any atom is 0.188 e. The van der Waals surface area contributed by atoms with Crippen LogP contribution in [0.1, 0.15) is 48.9 Å². The van der Waals surface area contributed by atoms with Crippen LogP contribution in [0.25, 0.3) is 0 Å². The smallest absolute Gasteiger partial charge is 0.188 e. The van der Waals surface area contributed by atoms with Gasteiger partial charge in [-0.1, -0.05) is 37.8 Å². The fourth-order valence-electron chi connectivity index (χ4n) is 2.46. The second kappa shape index (κ2) is 7.71. The van der Waals surface area contributed by atoms with Crippen molar-refractivity contribution in [2.45, 2.75) is 49.5 Å². The van der Waals surface area contributed by atoms with Crippen molar-refractivity contribution in [3.8, 4) is 0 Å². The Morgan fingerprint density at radius 1 is 1.16 bits per heavy atom. The number of rotatable bonds is 5. The molecule has 0 amide bonds. The Hall–Kier alpha value is -0.800. The molecule has 0 aliphatic heterocycles. The van der Waals surface area contributed by atoms with Crippen LogP contribution in [0.5, 0.6) is 0 Å². The van der Waals surface area contributed by atoms with Crippen LogP contribution >= 0.6 is 11.8 Å². The fourth-order valence-corrected chi connectivity index (χ4v) is 2.87. The molecule has 0 aromatic heterocycles. The molecule has 1 aromatic carbocycles. The molecular weight excluding hydrogens is 256 g/mol. The van der Waals surface area contributed by atoms with E-state index in [1.807, 2.05) is 30.5 Å². The largest absolute Gasteiger partial charge is 0.370 e. The van der Waals surface area contributed by atoms with Gasteiger partial charge < -0.3 is 4.74 Å². The normalized spacial score (nSPS) is 17.1. The molecule has 0 radical (unpaired) electrons. The molecule has 0 spiro atoms. The number of ether oxygens (including phenoxy) is 1. The third kappa shape index (κ3) is 4.66. The summed E-state index contributed by atoms with van der Waals surface area (Å²) in [5.74, 6) is 0.0944. The SMILES string of the molecule is CSc1ccc(C(=O)COC2CCCCCC2)cc1. The molecule has 0 heterocycles. The molecule has 2 rings (SSSR count). The Bertz CT molecular complexity index is 392. The van der Waals surface area contributed by atoms with E-state index in [1.54, 1.807) is 11.8 Å². The first kappa shape index (κ1) is 14.6. The molecule has 1 fully saturated rings. The minimum atomic E-state index is 0.0944. The van der Waals surface area contributed by atoms with Gasteiger partial charge in [-0.3, -0.25) is 4.79 Å². The van der Waals surface area contributed by atoms with Crippen molar-refractivity contribution in [3.05, 3.63) is 29.8 Å². The van der Waals surface area contributed by atoms with Crippen molar-refractivity contribution in [2.24, 2.45) is 0 Å². The van der Waals surface area contributed by atoms with E-state index in [4.69, 9.17) is 4.74 Å². The van der Waals surface area contributed by atoms with Crippen LogP contribution in [0.3, 0.4) is 0 Å². The average molecular weight is 278 g/mol. The summed E-state index contributed by atoms with van der Waals surface area (Å²) in [6.07, 6.45) is 9.64. The first-order chi connectivity index (χ1) is 9.29. The average Bonchev–Trinajstić information content (AvgIpc) is 2.73. The molecule has 2 nitrogen and oxygen atoms in total. The minimum absolute atomic E-state index is 0.0944. The van der Waals surface area contributed by atoms with E-state index in [9.17, 15) is 4.79 Å². The Morgan fingerprint density at radius 3 is 2.37 bits per heavy atom. The summed E-state index contributed by atoms with van der Waals surface area (Å²) < 4.78 is 5.78. The Labute approximate surface area is 119 Å². The maximum absolute atomic E-state index is 12.0. The summed E-state index contributed by atoms with van der Waals surface area (Å²) in [4.78, 5) is 13.2.